The zero-order valence-corrected chi connectivity index (χ0v) is 12.1. The molecular weight excluding hydrogens is 282 g/mol. The van der Waals surface area contributed by atoms with Gasteiger partial charge in [-0.2, -0.15) is 13.2 Å². The lowest BCUT2D eigenvalue weighted by Gasteiger charge is -2.35. The van der Waals surface area contributed by atoms with Gasteiger partial charge in [-0.05, 0) is 43.9 Å². The number of hydrogen-bond acceptors (Lipinski definition) is 1. The van der Waals surface area contributed by atoms with Gasteiger partial charge in [0.15, 0.2) is 0 Å². The van der Waals surface area contributed by atoms with E-state index in [2.05, 4.69) is 5.32 Å². The van der Waals surface area contributed by atoms with Crippen LogP contribution < -0.4 is 5.32 Å². The smallest absolute Gasteiger partial charge is 0.311 e. The van der Waals surface area contributed by atoms with Crippen molar-refractivity contribution in [3.8, 4) is 0 Å². The zero-order valence-electron chi connectivity index (χ0n) is 12.1. The van der Waals surface area contributed by atoms with Gasteiger partial charge in [-0.1, -0.05) is 25.0 Å². The Morgan fingerprint density at radius 2 is 1.76 bits per heavy atom. The molecule has 1 nitrogen and oxygen atoms in total. The van der Waals surface area contributed by atoms with Crippen molar-refractivity contribution < 1.29 is 17.6 Å². The Hall–Kier alpha value is -1.10. The molecule has 0 aliphatic heterocycles. The number of benzene rings is 1. The van der Waals surface area contributed by atoms with Gasteiger partial charge in [0.25, 0.3) is 0 Å². The van der Waals surface area contributed by atoms with Crippen LogP contribution in [0.15, 0.2) is 24.3 Å². The van der Waals surface area contributed by atoms with Crippen LogP contribution in [-0.2, 0) is 6.42 Å². The quantitative estimate of drug-likeness (QED) is 0.809. The van der Waals surface area contributed by atoms with Crippen LogP contribution in [0.3, 0.4) is 0 Å². The summed E-state index contributed by atoms with van der Waals surface area (Å²) in [6.07, 6.45) is -1.26. The number of hydrogen-bond donors (Lipinski definition) is 1. The summed E-state index contributed by atoms with van der Waals surface area (Å²) in [5.41, 5.74) is 0.927. The molecule has 2 rings (SSSR count). The van der Waals surface area contributed by atoms with Gasteiger partial charge in [-0.3, -0.25) is 0 Å². The highest BCUT2D eigenvalue weighted by molar-refractivity contribution is 5.17. The molecule has 5 heteroatoms. The van der Waals surface area contributed by atoms with E-state index in [9.17, 15) is 17.6 Å². The van der Waals surface area contributed by atoms with Crippen molar-refractivity contribution in [1.29, 1.82) is 0 Å². The van der Waals surface area contributed by atoms with Crippen LogP contribution in [0, 0.1) is 11.7 Å². The molecule has 1 aromatic rings. The summed E-state index contributed by atoms with van der Waals surface area (Å²) < 4.78 is 51.9. The first-order chi connectivity index (χ1) is 9.86. The molecular formula is C16H21F4N. The molecule has 0 bridgehead atoms. The van der Waals surface area contributed by atoms with Crippen LogP contribution in [0.1, 0.15) is 38.2 Å². The molecule has 1 N–H and O–H groups in total. The normalized spacial score (nSPS) is 24.8. The van der Waals surface area contributed by atoms with E-state index in [0.717, 1.165) is 12.0 Å². The predicted octanol–water partition coefficient (Wildman–Crippen LogP) is 4.47. The number of nitrogens with one attached hydrogen (secondary N) is 1. The van der Waals surface area contributed by atoms with E-state index >= 15 is 0 Å². The van der Waals surface area contributed by atoms with Crippen LogP contribution in [-0.4, -0.2) is 18.3 Å². The molecule has 1 aromatic carbocycles. The maximum Gasteiger partial charge on any atom is 0.393 e. The van der Waals surface area contributed by atoms with Crippen molar-refractivity contribution in [2.45, 2.75) is 57.3 Å². The Bertz CT molecular complexity index is 441. The molecule has 1 fully saturated rings. The first kappa shape index (κ1) is 16.3. The van der Waals surface area contributed by atoms with Gasteiger partial charge in [0.1, 0.15) is 5.82 Å². The molecule has 3 atom stereocenters. The molecule has 21 heavy (non-hydrogen) atoms. The lowest BCUT2D eigenvalue weighted by Crippen LogP contribution is -2.49. The van der Waals surface area contributed by atoms with E-state index in [1.807, 2.05) is 6.92 Å². The number of alkyl halides is 3. The summed E-state index contributed by atoms with van der Waals surface area (Å²) in [6.45, 7) is 1.88. The second-order valence-electron chi connectivity index (χ2n) is 5.94. The highest BCUT2D eigenvalue weighted by Gasteiger charge is 2.45. The fraction of sp³-hybridized carbons (Fsp3) is 0.625. The third-order valence-electron chi connectivity index (χ3n) is 4.14. The SMILES string of the molecule is CC(Cc1ccc(F)cc1)NC1CCCCC1C(F)(F)F. The standard InChI is InChI=1S/C16H21F4N/c1-11(10-12-6-8-13(17)9-7-12)21-15-5-3-2-4-14(15)16(18,19)20/h6-9,11,14-15,21H,2-5,10H2,1H3. The van der Waals surface area contributed by atoms with Crippen LogP contribution in [0.25, 0.3) is 0 Å². The lowest BCUT2D eigenvalue weighted by molar-refractivity contribution is -0.189. The highest BCUT2D eigenvalue weighted by atomic mass is 19.4. The van der Waals surface area contributed by atoms with E-state index in [0.29, 0.717) is 19.3 Å². The van der Waals surface area contributed by atoms with E-state index in [1.54, 1.807) is 12.1 Å². The molecule has 0 saturated heterocycles. The Labute approximate surface area is 122 Å². The first-order valence-corrected chi connectivity index (χ1v) is 7.43. The van der Waals surface area contributed by atoms with Crippen molar-refractivity contribution in [1.82, 2.24) is 5.32 Å². The van der Waals surface area contributed by atoms with E-state index in [-0.39, 0.29) is 18.3 Å². The topological polar surface area (TPSA) is 12.0 Å². The third kappa shape index (κ3) is 4.70. The van der Waals surface area contributed by atoms with Crippen molar-refractivity contribution >= 4 is 0 Å². The summed E-state index contributed by atoms with van der Waals surface area (Å²) >= 11 is 0. The van der Waals surface area contributed by atoms with Crippen molar-refractivity contribution in [2.24, 2.45) is 5.92 Å². The summed E-state index contributed by atoms with van der Waals surface area (Å²) in [6, 6.07) is 5.53. The predicted molar refractivity (Wildman–Crippen MR) is 74.5 cm³/mol. The second kappa shape index (κ2) is 6.77. The van der Waals surface area contributed by atoms with Gasteiger partial charge < -0.3 is 5.32 Å². The van der Waals surface area contributed by atoms with Gasteiger partial charge in [0.2, 0.25) is 0 Å². The summed E-state index contributed by atoms with van der Waals surface area (Å²) in [5, 5.41) is 3.12. The van der Waals surface area contributed by atoms with Crippen LogP contribution in [0.2, 0.25) is 0 Å². The Morgan fingerprint density at radius 1 is 1.14 bits per heavy atom. The molecule has 3 unspecified atom stereocenters. The highest BCUT2D eigenvalue weighted by Crippen LogP contribution is 2.37. The summed E-state index contributed by atoms with van der Waals surface area (Å²) in [4.78, 5) is 0. The Balaban J connectivity index is 1.93. The molecule has 1 aliphatic rings. The zero-order chi connectivity index (χ0) is 15.5. The molecule has 1 aliphatic carbocycles. The number of halogens is 4. The van der Waals surface area contributed by atoms with E-state index in [4.69, 9.17) is 0 Å². The minimum Gasteiger partial charge on any atom is -0.311 e. The van der Waals surface area contributed by atoms with Crippen molar-refractivity contribution in [2.75, 3.05) is 0 Å². The monoisotopic (exact) mass is 303 g/mol. The maximum absolute atomic E-state index is 13.0. The second-order valence-corrected chi connectivity index (χ2v) is 5.94. The summed E-state index contributed by atoms with van der Waals surface area (Å²) in [5.74, 6) is -1.55. The molecule has 0 amide bonds. The van der Waals surface area contributed by atoms with Crippen LogP contribution >= 0.6 is 0 Å². The molecule has 1 saturated carbocycles. The van der Waals surface area contributed by atoms with Gasteiger partial charge in [-0.15, -0.1) is 0 Å². The van der Waals surface area contributed by atoms with Crippen LogP contribution in [0.5, 0.6) is 0 Å². The van der Waals surface area contributed by atoms with Gasteiger partial charge >= 0.3 is 6.18 Å². The maximum atomic E-state index is 13.0. The Kier molecular flexibility index (Phi) is 5.25. The van der Waals surface area contributed by atoms with Crippen molar-refractivity contribution in [3.05, 3.63) is 35.6 Å². The largest absolute Gasteiger partial charge is 0.393 e. The van der Waals surface area contributed by atoms with E-state index < -0.39 is 18.1 Å². The van der Waals surface area contributed by atoms with Gasteiger partial charge in [0.05, 0.1) is 5.92 Å². The lowest BCUT2D eigenvalue weighted by atomic mass is 9.83. The third-order valence-corrected chi connectivity index (χ3v) is 4.14. The van der Waals surface area contributed by atoms with Gasteiger partial charge in [0, 0.05) is 12.1 Å². The minimum atomic E-state index is -4.13. The summed E-state index contributed by atoms with van der Waals surface area (Å²) in [7, 11) is 0. The van der Waals surface area contributed by atoms with Crippen LogP contribution in [0.4, 0.5) is 17.6 Å². The molecule has 0 radical (unpaired) electrons. The van der Waals surface area contributed by atoms with E-state index in [1.165, 1.54) is 12.1 Å². The average molecular weight is 303 g/mol. The Morgan fingerprint density at radius 3 is 2.38 bits per heavy atom. The molecule has 0 heterocycles. The molecule has 118 valence electrons. The average Bonchev–Trinajstić information content (AvgIpc) is 2.41. The minimum absolute atomic E-state index is 0.0663. The molecule has 0 spiro atoms. The first-order valence-electron chi connectivity index (χ1n) is 7.43. The number of rotatable bonds is 4. The fourth-order valence-electron chi connectivity index (χ4n) is 3.12. The van der Waals surface area contributed by atoms with Gasteiger partial charge in [-0.25, -0.2) is 4.39 Å². The molecule has 0 aromatic heterocycles. The van der Waals surface area contributed by atoms with Crippen molar-refractivity contribution in [3.63, 3.8) is 0 Å². The fourth-order valence-corrected chi connectivity index (χ4v) is 3.12.